The number of halogens is 1. The molecule has 1 aliphatic heterocycles. The summed E-state index contributed by atoms with van der Waals surface area (Å²) in [5, 5.41) is 15.2. The van der Waals surface area contributed by atoms with Crippen LogP contribution in [0.5, 0.6) is 5.75 Å². The van der Waals surface area contributed by atoms with Gasteiger partial charge in [0.2, 0.25) is 0 Å². The molecule has 7 heteroatoms. The second kappa shape index (κ2) is 7.17. The monoisotopic (exact) mass is 348 g/mol. The van der Waals surface area contributed by atoms with Crippen molar-refractivity contribution in [1.82, 2.24) is 5.32 Å². The van der Waals surface area contributed by atoms with Crippen molar-refractivity contribution in [2.45, 2.75) is 26.1 Å². The van der Waals surface area contributed by atoms with E-state index in [1.54, 1.807) is 6.07 Å². The number of rotatable bonds is 5. The molecule has 6 nitrogen and oxygen atoms in total. The van der Waals surface area contributed by atoms with Crippen LogP contribution in [0, 0.1) is 10.1 Å². The Bertz CT molecular complexity index is 766. The fraction of sp³-hybridized carbons (Fsp3) is 0.294. The molecule has 1 N–H and O–H groups in total. The van der Waals surface area contributed by atoms with Crippen molar-refractivity contribution >= 4 is 17.3 Å². The maximum atomic E-state index is 11.1. The van der Waals surface area contributed by atoms with Crippen molar-refractivity contribution in [3.8, 4) is 5.75 Å². The Morgan fingerprint density at radius 2 is 2.21 bits per heavy atom. The van der Waals surface area contributed by atoms with E-state index in [1.165, 1.54) is 6.07 Å². The molecule has 0 aromatic heterocycles. The average Bonchev–Trinajstić information content (AvgIpc) is 2.59. The Morgan fingerprint density at radius 1 is 1.38 bits per heavy atom. The first kappa shape index (κ1) is 16.7. The number of non-ortho nitro benzene ring substituents is 1. The van der Waals surface area contributed by atoms with E-state index in [9.17, 15) is 10.1 Å². The standard InChI is InChI=1S/C17H17ClN2O4/c1-11(12-3-2-4-15(18)5-12)19-8-13-6-16(20(21)22)7-14-9-23-10-24-17(13)14/h2-7,11,19H,8-10H2,1H3/t11-/m0/s1. The molecule has 1 aliphatic rings. The fourth-order valence-electron chi connectivity index (χ4n) is 2.67. The van der Waals surface area contributed by atoms with Gasteiger partial charge in [-0.25, -0.2) is 0 Å². The molecule has 1 atom stereocenters. The lowest BCUT2D eigenvalue weighted by atomic mass is 10.1. The van der Waals surface area contributed by atoms with Crippen LogP contribution in [-0.2, 0) is 17.9 Å². The minimum atomic E-state index is -0.404. The summed E-state index contributed by atoms with van der Waals surface area (Å²) >= 11 is 6.02. The molecule has 0 amide bonds. The Labute approximate surface area is 144 Å². The van der Waals surface area contributed by atoms with E-state index in [0.717, 1.165) is 11.1 Å². The molecule has 0 spiro atoms. The quantitative estimate of drug-likeness (QED) is 0.653. The molecule has 0 fully saturated rings. The minimum Gasteiger partial charge on any atom is -0.467 e. The van der Waals surface area contributed by atoms with Gasteiger partial charge in [-0.3, -0.25) is 10.1 Å². The molecular weight excluding hydrogens is 332 g/mol. The maximum absolute atomic E-state index is 11.1. The number of nitrogens with one attached hydrogen (secondary N) is 1. The van der Waals surface area contributed by atoms with Crippen LogP contribution < -0.4 is 10.1 Å². The van der Waals surface area contributed by atoms with Crippen LogP contribution >= 0.6 is 11.6 Å². The summed E-state index contributed by atoms with van der Waals surface area (Å²) in [5.74, 6) is 0.664. The third kappa shape index (κ3) is 3.67. The number of nitro groups is 1. The van der Waals surface area contributed by atoms with Crippen molar-refractivity contribution in [2.75, 3.05) is 6.79 Å². The first-order valence-corrected chi connectivity index (χ1v) is 7.92. The summed E-state index contributed by atoms with van der Waals surface area (Å²) < 4.78 is 10.8. The Morgan fingerprint density at radius 3 is 2.96 bits per heavy atom. The lowest BCUT2D eigenvalue weighted by Gasteiger charge is -2.22. The number of benzene rings is 2. The summed E-state index contributed by atoms with van der Waals surface area (Å²) in [6, 6.07) is 10.7. The molecule has 0 saturated heterocycles. The van der Waals surface area contributed by atoms with Crippen LogP contribution in [0.4, 0.5) is 5.69 Å². The van der Waals surface area contributed by atoms with Crippen LogP contribution in [0.2, 0.25) is 5.02 Å². The lowest BCUT2D eigenvalue weighted by molar-refractivity contribution is -0.385. The number of hydrogen-bond acceptors (Lipinski definition) is 5. The van der Waals surface area contributed by atoms with E-state index in [1.807, 2.05) is 31.2 Å². The zero-order valence-electron chi connectivity index (χ0n) is 13.1. The van der Waals surface area contributed by atoms with Gasteiger partial charge < -0.3 is 14.8 Å². The Hall–Kier alpha value is -2.15. The molecule has 0 unspecified atom stereocenters. The van der Waals surface area contributed by atoms with Gasteiger partial charge in [0.1, 0.15) is 5.75 Å². The third-order valence-corrected chi connectivity index (χ3v) is 4.16. The molecule has 0 radical (unpaired) electrons. The number of hydrogen-bond donors (Lipinski definition) is 1. The highest BCUT2D eigenvalue weighted by Crippen LogP contribution is 2.33. The van der Waals surface area contributed by atoms with Crippen molar-refractivity contribution in [2.24, 2.45) is 0 Å². The highest BCUT2D eigenvalue weighted by atomic mass is 35.5. The zero-order valence-corrected chi connectivity index (χ0v) is 13.9. The fourth-order valence-corrected chi connectivity index (χ4v) is 2.87. The van der Waals surface area contributed by atoms with Gasteiger partial charge in [-0.1, -0.05) is 23.7 Å². The van der Waals surface area contributed by atoms with E-state index < -0.39 is 4.92 Å². The Balaban J connectivity index is 1.81. The van der Waals surface area contributed by atoms with E-state index in [4.69, 9.17) is 21.1 Å². The van der Waals surface area contributed by atoms with Crippen molar-refractivity contribution in [1.29, 1.82) is 0 Å². The van der Waals surface area contributed by atoms with Crippen LogP contribution in [-0.4, -0.2) is 11.7 Å². The largest absolute Gasteiger partial charge is 0.467 e. The average molecular weight is 349 g/mol. The summed E-state index contributed by atoms with van der Waals surface area (Å²) in [5.41, 5.74) is 2.53. The van der Waals surface area contributed by atoms with Gasteiger partial charge in [-0.05, 0) is 24.6 Å². The van der Waals surface area contributed by atoms with E-state index in [2.05, 4.69) is 5.32 Å². The number of fused-ring (bicyclic) bond motifs is 1. The van der Waals surface area contributed by atoms with Gasteiger partial charge in [0.05, 0.1) is 11.5 Å². The lowest BCUT2D eigenvalue weighted by Crippen LogP contribution is -2.20. The van der Waals surface area contributed by atoms with Crippen LogP contribution in [0.15, 0.2) is 36.4 Å². The van der Waals surface area contributed by atoms with Crippen molar-refractivity contribution in [3.05, 3.63) is 68.2 Å². The van der Waals surface area contributed by atoms with Crippen LogP contribution in [0.3, 0.4) is 0 Å². The molecule has 0 bridgehead atoms. The molecule has 24 heavy (non-hydrogen) atoms. The minimum absolute atomic E-state index is 0.0371. The second-order valence-corrected chi connectivity index (χ2v) is 6.05. The molecule has 2 aromatic carbocycles. The number of ether oxygens (including phenoxy) is 2. The van der Waals surface area contributed by atoms with Gasteiger partial charge >= 0.3 is 0 Å². The summed E-state index contributed by atoms with van der Waals surface area (Å²) in [6.45, 7) is 2.92. The topological polar surface area (TPSA) is 73.6 Å². The highest BCUT2D eigenvalue weighted by molar-refractivity contribution is 6.30. The smallest absolute Gasteiger partial charge is 0.270 e. The number of nitrogens with zero attached hydrogens (tertiary/aromatic N) is 1. The van der Waals surface area contributed by atoms with Crippen molar-refractivity contribution < 1.29 is 14.4 Å². The van der Waals surface area contributed by atoms with Crippen LogP contribution in [0.1, 0.15) is 29.7 Å². The summed E-state index contributed by atoms with van der Waals surface area (Å²) in [6.07, 6.45) is 0. The summed E-state index contributed by atoms with van der Waals surface area (Å²) in [4.78, 5) is 10.7. The first-order valence-electron chi connectivity index (χ1n) is 7.54. The number of nitro benzene ring substituents is 1. The van der Waals surface area contributed by atoms with Gasteiger partial charge in [0.15, 0.2) is 6.79 Å². The van der Waals surface area contributed by atoms with Gasteiger partial charge in [0, 0.05) is 40.9 Å². The van der Waals surface area contributed by atoms with Gasteiger partial charge in [-0.2, -0.15) is 0 Å². The van der Waals surface area contributed by atoms with Gasteiger partial charge in [-0.15, -0.1) is 0 Å². The second-order valence-electron chi connectivity index (χ2n) is 5.62. The normalized spacial score (nSPS) is 14.6. The predicted octanol–water partition coefficient (Wildman–Crippen LogP) is 3.97. The third-order valence-electron chi connectivity index (χ3n) is 3.93. The molecule has 0 saturated carbocycles. The first-order chi connectivity index (χ1) is 11.5. The SMILES string of the molecule is C[C@H](NCc1cc([N+](=O)[O-])cc2c1OCOC2)c1cccc(Cl)c1. The van der Waals surface area contributed by atoms with E-state index in [-0.39, 0.29) is 18.5 Å². The molecule has 126 valence electrons. The maximum Gasteiger partial charge on any atom is 0.270 e. The molecule has 2 aromatic rings. The van der Waals surface area contributed by atoms with Crippen molar-refractivity contribution in [3.63, 3.8) is 0 Å². The molecule has 3 rings (SSSR count). The highest BCUT2D eigenvalue weighted by Gasteiger charge is 2.21. The Kier molecular flexibility index (Phi) is 4.99. The van der Waals surface area contributed by atoms with Gasteiger partial charge in [0.25, 0.3) is 5.69 Å². The van der Waals surface area contributed by atoms with Crippen LogP contribution in [0.25, 0.3) is 0 Å². The van der Waals surface area contributed by atoms with E-state index in [0.29, 0.717) is 29.5 Å². The molecule has 0 aliphatic carbocycles. The molecular formula is C17H17ClN2O4. The summed E-state index contributed by atoms with van der Waals surface area (Å²) in [7, 11) is 0. The molecule has 1 heterocycles. The predicted molar refractivity (Wildman–Crippen MR) is 90.1 cm³/mol. The van der Waals surface area contributed by atoms with E-state index >= 15 is 0 Å². The zero-order chi connectivity index (χ0) is 17.1.